The maximum absolute atomic E-state index is 12.1. The molecule has 0 saturated heterocycles. The van der Waals surface area contributed by atoms with Crippen molar-refractivity contribution in [3.63, 3.8) is 0 Å². The SMILES string of the molecule is CCC(O)COC(=O)OCCOC(=O)OCC(COC(=O)OCCOC(=O)OCC(O)CC)OC(=O)OCCOC(=O)OCC(O)CC. The average Bonchev–Trinajstić information content (AvgIpc) is 3.08. The summed E-state index contributed by atoms with van der Waals surface area (Å²) in [5.41, 5.74) is 0. The number of aliphatic hydroxyl groups is 3. The molecular formula is C27H44O21. The van der Waals surface area contributed by atoms with E-state index in [0.717, 1.165) is 0 Å². The van der Waals surface area contributed by atoms with Crippen LogP contribution in [0.5, 0.6) is 0 Å². The van der Waals surface area contributed by atoms with Gasteiger partial charge in [0, 0.05) is 0 Å². The maximum atomic E-state index is 12.1. The lowest BCUT2D eigenvalue weighted by atomic mass is 10.3. The van der Waals surface area contributed by atoms with E-state index in [2.05, 4.69) is 28.4 Å². The van der Waals surface area contributed by atoms with Gasteiger partial charge in [0.25, 0.3) is 0 Å². The van der Waals surface area contributed by atoms with Crippen LogP contribution in [0.1, 0.15) is 40.0 Å². The monoisotopic (exact) mass is 704 g/mol. The van der Waals surface area contributed by atoms with Gasteiger partial charge < -0.3 is 72.2 Å². The highest BCUT2D eigenvalue weighted by Crippen LogP contribution is 2.03. The number of aliphatic hydroxyl groups excluding tert-OH is 3. The zero-order chi connectivity index (χ0) is 36.2. The van der Waals surface area contributed by atoms with Crippen LogP contribution < -0.4 is 0 Å². The largest absolute Gasteiger partial charge is 0.508 e. The third-order valence-electron chi connectivity index (χ3n) is 5.20. The highest BCUT2D eigenvalue weighted by Gasteiger charge is 2.22. The Labute approximate surface area is 275 Å². The molecule has 3 atom stereocenters. The molecule has 21 nitrogen and oxygen atoms in total. The molecule has 48 heavy (non-hydrogen) atoms. The molecule has 0 aromatic carbocycles. The summed E-state index contributed by atoms with van der Waals surface area (Å²) < 4.78 is 56.5. The molecule has 0 aromatic heterocycles. The first-order chi connectivity index (χ1) is 22.9. The molecule has 0 saturated carbocycles. The third kappa shape index (κ3) is 25.7. The van der Waals surface area contributed by atoms with Crippen LogP contribution >= 0.6 is 0 Å². The molecular weight excluding hydrogens is 660 g/mol. The van der Waals surface area contributed by atoms with Crippen molar-refractivity contribution in [2.75, 3.05) is 72.7 Å². The lowest BCUT2D eigenvalue weighted by Crippen LogP contribution is -2.32. The second kappa shape index (κ2) is 27.6. The molecule has 3 unspecified atom stereocenters. The Morgan fingerprint density at radius 2 is 0.604 bits per heavy atom. The van der Waals surface area contributed by atoms with Crippen molar-refractivity contribution in [1.82, 2.24) is 0 Å². The van der Waals surface area contributed by atoms with Crippen molar-refractivity contribution < 1.29 is 101 Å². The van der Waals surface area contributed by atoms with Gasteiger partial charge in [-0.1, -0.05) is 20.8 Å². The van der Waals surface area contributed by atoms with E-state index < -0.39 is 114 Å². The Hall–Kier alpha value is -4.50. The Kier molecular flexibility index (Phi) is 25.0. The Morgan fingerprint density at radius 3 is 0.854 bits per heavy atom. The molecule has 0 aromatic rings. The van der Waals surface area contributed by atoms with Crippen LogP contribution in [0.15, 0.2) is 0 Å². The number of hydrogen-bond donors (Lipinski definition) is 3. The fourth-order valence-corrected chi connectivity index (χ4v) is 2.41. The topological polar surface area (TPSA) is 274 Å². The number of rotatable bonds is 23. The van der Waals surface area contributed by atoms with Gasteiger partial charge in [-0.05, 0) is 19.3 Å². The zero-order valence-corrected chi connectivity index (χ0v) is 26.9. The van der Waals surface area contributed by atoms with Crippen LogP contribution in [0.3, 0.4) is 0 Å². The van der Waals surface area contributed by atoms with Gasteiger partial charge in [0.1, 0.15) is 72.7 Å². The second-order valence-corrected chi connectivity index (χ2v) is 9.07. The van der Waals surface area contributed by atoms with Gasteiger partial charge in [-0.2, -0.15) is 0 Å². The Morgan fingerprint density at radius 1 is 0.375 bits per heavy atom. The normalized spacial score (nSPS) is 12.9. The summed E-state index contributed by atoms with van der Waals surface area (Å²) >= 11 is 0. The highest BCUT2D eigenvalue weighted by molar-refractivity contribution is 5.62. The molecule has 0 aliphatic carbocycles. The van der Waals surface area contributed by atoms with Gasteiger partial charge in [0.2, 0.25) is 0 Å². The first-order valence-electron chi connectivity index (χ1n) is 14.7. The van der Waals surface area contributed by atoms with Crippen LogP contribution in [0.4, 0.5) is 28.8 Å². The molecule has 278 valence electrons. The Balaban J connectivity index is 4.67. The van der Waals surface area contributed by atoms with Crippen molar-refractivity contribution in [1.29, 1.82) is 0 Å². The first kappa shape index (κ1) is 43.5. The quantitative estimate of drug-likeness (QED) is 0.0773. The van der Waals surface area contributed by atoms with Gasteiger partial charge >= 0.3 is 36.9 Å². The van der Waals surface area contributed by atoms with E-state index >= 15 is 0 Å². The molecule has 0 radical (unpaired) electrons. The molecule has 0 aliphatic heterocycles. The number of ether oxygens (including phenoxy) is 12. The summed E-state index contributed by atoms with van der Waals surface area (Å²) in [6.45, 7) is -0.0217. The van der Waals surface area contributed by atoms with E-state index in [1.165, 1.54) is 0 Å². The molecule has 0 rings (SSSR count). The molecule has 0 aliphatic rings. The van der Waals surface area contributed by atoms with E-state index in [0.29, 0.717) is 19.3 Å². The fourth-order valence-electron chi connectivity index (χ4n) is 2.41. The summed E-state index contributed by atoms with van der Waals surface area (Å²) in [7, 11) is 0. The van der Waals surface area contributed by atoms with Gasteiger partial charge in [-0.15, -0.1) is 0 Å². The molecule has 3 N–H and O–H groups in total. The minimum atomic E-state index is -1.48. The van der Waals surface area contributed by atoms with E-state index in [1.807, 2.05) is 0 Å². The minimum absolute atomic E-state index is 0.283. The fraction of sp³-hybridized carbons (Fsp3) is 0.778. The standard InChI is InChI=1S/C27H44O21/c1-4-18(28)13-43-22(31)37-7-9-40-25(34)46-16-21(48-27(36)42-12-11-39-24(33)45-15-20(30)6-3)17-47-26(35)41-10-8-38-23(32)44-14-19(29)5-2/h18-21,28-30H,4-17H2,1-3H3. The number of carbonyl (C=O) groups is 6. The smallest absolute Gasteiger partial charge is 0.432 e. The number of hydrogen-bond acceptors (Lipinski definition) is 21. The zero-order valence-electron chi connectivity index (χ0n) is 26.9. The first-order valence-corrected chi connectivity index (χ1v) is 14.7. The summed E-state index contributed by atoms with van der Waals surface area (Å²) in [5.74, 6) is 0. The van der Waals surface area contributed by atoms with E-state index in [-0.39, 0.29) is 19.8 Å². The lowest BCUT2D eigenvalue weighted by Gasteiger charge is -2.17. The van der Waals surface area contributed by atoms with E-state index in [4.69, 9.17) is 28.4 Å². The second-order valence-electron chi connectivity index (χ2n) is 9.07. The van der Waals surface area contributed by atoms with Crippen LogP contribution in [-0.4, -0.2) is 149 Å². The van der Waals surface area contributed by atoms with Crippen LogP contribution in [0.25, 0.3) is 0 Å². The summed E-state index contributed by atoms with van der Waals surface area (Å²) in [6.07, 6.45) is -10.3. The lowest BCUT2D eigenvalue weighted by molar-refractivity contribution is -0.0525. The van der Waals surface area contributed by atoms with Crippen molar-refractivity contribution in [3.05, 3.63) is 0 Å². The summed E-state index contributed by atoms with van der Waals surface area (Å²) in [5, 5.41) is 28.1. The molecule has 0 spiro atoms. The van der Waals surface area contributed by atoms with Gasteiger partial charge in [-0.25, -0.2) is 28.8 Å². The molecule has 21 heteroatoms. The Bertz CT molecular complexity index is 892. The van der Waals surface area contributed by atoms with Crippen molar-refractivity contribution in [2.24, 2.45) is 0 Å². The van der Waals surface area contributed by atoms with Gasteiger partial charge in [-0.3, -0.25) is 0 Å². The molecule has 0 amide bonds. The molecule has 0 bridgehead atoms. The predicted molar refractivity (Wildman–Crippen MR) is 152 cm³/mol. The molecule has 0 fully saturated rings. The van der Waals surface area contributed by atoms with Crippen molar-refractivity contribution >= 4 is 36.9 Å². The summed E-state index contributed by atoms with van der Waals surface area (Å²) in [4.78, 5) is 70.1. The van der Waals surface area contributed by atoms with Crippen LogP contribution in [0.2, 0.25) is 0 Å². The van der Waals surface area contributed by atoms with E-state index in [1.54, 1.807) is 20.8 Å². The minimum Gasteiger partial charge on any atom is -0.432 e. The van der Waals surface area contributed by atoms with Crippen molar-refractivity contribution in [2.45, 2.75) is 64.4 Å². The third-order valence-corrected chi connectivity index (χ3v) is 5.20. The highest BCUT2D eigenvalue weighted by atomic mass is 16.8. The van der Waals surface area contributed by atoms with E-state index in [9.17, 15) is 44.1 Å². The predicted octanol–water partition coefficient (Wildman–Crippen LogP) is 1.59. The van der Waals surface area contributed by atoms with Gasteiger partial charge in [0.05, 0.1) is 18.3 Å². The maximum Gasteiger partial charge on any atom is 0.508 e. The summed E-state index contributed by atoms with van der Waals surface area (Å²) in [6, 6.07) is 0. The van der Waals surface area contributed by atoms with Gasteiger partial charge in [0.15, 0.2) is 6.10 Å². The number of carbonyl (C=O) groups excluding carboxylic acids is 6. The average molecular weight is 705 g/mol. The van der Waals surface area contributed by atoms with Crippen LogP contribution in [-0.2, 0) is 56.8 Å². The molecule has 0 heterocycles. The van der Waals surface area contributed by atoms with Crippen molar-refractivity contribution in [3.8, 4) is 0 Å². The van der Waals surface area contributed by atoms with Crippen LogP contribution in [0, 0.1) is 0 Å².